The van der Waals surface area contributed by atoms with Gasteiger partial charge in [0, 0.05) is 51.0 Å². The molecule has 0 amide bonds. The molecule has 0 radical (unpaired) electrons. The lowest BCUT2D eigenvalue weighted by molar-refractivity contribution is -0.120. The van der Waals surface area contributed by atoms with Crippen molar-refractivity contribution in [2.45, 2.75) is 38.8 Å². The molecule has 1 aliphatic rings. The van der Waals surface area contributed by atoms with Crippen molar-refractivity contribution in [2.75, 3.05) is 33.7 Å². The van der Waals surface area contributed by atoms with Crippen LogP contribution in [0.25, 0.3) is 0 Å². The molecule has 1 aromatic rings. The smallest absolute Gasteiger partial charge is 0.142 e. The number of hydrogen-bond donors (Lipinski definition) is 0. The van der Waals surface area contributed by atoms with Gasteiger partial charge in [0.05, 0.1) is 6.42 Å². The average Bonchev–Trinajstić information content (AvgIpc) is 2.82. The van der Waals surface area contributed by atoms with Crippen molar-refractivity contribution >= 4 is 5.78 Å². The number of carbonyl (C=O) groups is 1. The number of aryl methyl sites for hydroxylation is 1. The van der Waals surface area contributed by atoms with Gasteiger partial charge in [-0.3, -0.25) is 4.79 Å². The average molecular weight is 278 g/mol. The van der Waals surface area contributed by atoms with Crippen LogP contribution in [0.2, 0.25) is 0 Å². The number of ketones is 1. The van der Waals surface area contributed by atoms with E-state index in [0.717, 1.165) is 38.4 Å². The van der Waals surface area contributed by atoms with E-state index in [2.05, 4.69) is 40.4 Å². The summed E-state index contributed by atoms with van der Waals surface area (Å²) in [6.07, 6.45) is 5.90. The molecule has 2 rings (SSSR count). The third kappa shape index (κ3) is 3.90. The van der Waals surface area contributed by atoms with Crippen molar-refractivity contribution in [3.8, 4) is 0 Å². The van der Waals surface area contributed by atoms with Gasteiger partial charge in [0.2, 0.25) is 0 Å². The molecule has 1 atom stereocenters. The van der Waals surface area contributed by atoms with Crippen molar-refractivity contribution in [1.29, 1.82) is 0 Å². The van der Waals surface area contributed by atoms with Gasteiger partial charge < -0.3 is 14.4 Å². The second-order valence-corrected chi connectivity index (χ2v) is 5.85. The Balaban J connectivity index is 1.90. The molecule has 112 valence electrons. The van der Waals surface area contributed by atoms with Gasteiger partial charge in [-0.15, -0.1) is 0 Å². The molecule has 20 heavy (non-hydrogen) atoms. The monoisotopic (exact) mass is 278 g/mol. The highest BCUT2D eigenvalue weighted by Crippen LogP contribution is 2.12. The first kappa shape index (κ1) is 15.2. The molecule has 0 spiro atoms. The van der Waals surface area contributed by atoms with Crippen LogP contribution in [0.15, 0.2) is 12.4 Å². The highest BCUT2D eigenvalue weighted by Gasteiger charge is 2.24. The quantitative estimate of drug-likeness (QED) is 0.780. The lowest BCUT2D eigenvalue weighted by Crippen LogP contribution is -2.50. The molecule has 5 nitrogen and oxygen atoms in total. The number of nitrogens with zero attached hydrogens (tertiary/aromatic N) is 4. The molecule has 2 heterocycles. The molecular formula is C15H26N4O. The summed E-state index contributed by atoms with van der Waals surface area (Å²) >= 11 is 0. The highest BCUT2D eigenvalue weighted by atomic mass is 16.1. The second-order valence-electron chi connectivity index (χ2n) is 5.85. The zero-order valence-electron chi connectivity index (χ0n) is 12.9. The number of hydrogen-bond acceptors (Lipinski definition) is 4. The number of rotatable bonds is 6. The number of Topliss-reactive ketones (excluding diaryl/α,β-unsaturated/α-hetero) is 1. The van der Waals surface area contributed by atoms with Crippen LogP contribution in [0.4, 0.5) is 0 Å². The van der Waals surface area contributed by atoms with Crippen molar-refractivity contribution in [2.24, 2.45) is 0 Å². The standard InChI is InChI=1S/C15H26N4O/c1-4-6-19-7-5-16-15(19)11-14(20)10-13-12-17(2)8-9-18(13)3/h5,7,13H,4,6,8-12H2,1-3H3. The number of imidazole rings is 1. The first-order valence-corrected chi connectivity index (χ1v) is 7.50. The minimum atomic E-state index is 0.292. The van der Waals surface area contributed by atoms with E-state index in [9.17, 15) is 4.79 Å². The van der Waals surface area contributed by atoms with Crippen LogP contribution in [0, 0.1) is 0 Å². The SMILES string of the molecule is CCCn1ccnc1CC(=O)CC1CN(C)CCN1C. The fraction of sp³-hybridized carbons (Fsp3) is 0.733. The summed E-state index contributed by atoms with van der Waals surface area (Å²) < 4.78 is 2.09. The van der Waals surface area contributed by atoms with E-state index in [-0.39, 0.29) is 0 Å². The van der Waals surface area contributed by atoms with Gasteiger partial charge >= 0.3 is 0 Å². The van der Waals surface area contributed by atoms with E-state index in [1.54, 1.807) is 6.20 Å². The second kappa shape index (κ2) is 6.99. The van der Waals surface area contributed by atoms with Gasteiger partial charge in [-0.1, -0.05) is 6.92 Å². The van der Waals surface area contributed by atoms with Gasteiger partial charge in [-0.2, -0.15) is 0 Å². The Morgan fingerprint density at radius 2 is 2.20 bits per heavy atom. The maximum absolute atomic E-state index is 12.3. The van der Waals surface area contributed by atoms with Gasteiger partial charge in [0.1, 0.15) is 11.6 Å². The predicted octanol–water partition coefficient (Wildman–Crippen LogP) is 1.04. The van der Waals surface area contributed by atoms with E-state index in [1.807, 2.05) is 6.20 Å². The third-order valence-electron chi connectivity index (χ3n) is 4.06. The molecule has 1 unspecified atom stereocenters. The Morgan fingerprint density at radius 1 is 1.40 bits per heavy atom. The van der Waals surface area contributed by atoms with Gasteiger partial charge in [0.25, 0.3) is 0 Å². The zero-order valence-corrected chi connectivity index (χ0v) is 12.9. The maximum Gasteiger partial charge on any atom is 0.142 e. The first-order valence-electron chi connectivity index (χ1n) is 7.50. The summed E-state index contributed by atoms with van der Waals surface area (Å²) in [4.78, 5) is 21.2. The highest BCUT2D eigenvalue weighted by molar-refractivity contribution is 5.80. The maximum atomic E-state index is 12.3. The molecule has 1 aliphatic heterocycles. The summed E-state index contributed by atoms with van der Waals surface area (Å²) in [6, 6.07) is 0.343. The Bertz CT molecular complexity index is 443. The summed E-state index contributed by atoms with van der Waals surface area (Å²) in [5.74, 6) is 1.20. The molecule has 5 heteroatoms. The van der Waals surface area contributed by atoms with Crippen molar-refractivity contribution in [3.05, 3.63) is 18.2 Å². The molecule has 0 aromatic carbocycles. The van der Waals surface area contributed by atoms with Crippen molar-refractivity contribution in [3.63, 3.8) is 0 Å². The van der Waals surface area contributed by atoms with Crippen LogP contribution in [-0.4, -0.2) is 64.9 Å². The molecule has 1 fully saturated rings. The van der Waals surface area contributed by atoms with Crippen LogP contribution in [0.5, 0.6) is 0 Å². The number of likely N-dealkylation sites (N-methyl/N-ethyl adjacent to an activating group) is 2. The van der Waals surface area contributed by atoms with E-state index in [0.29, 0.717) is 24.7 Å². The lowest BCUT2D eigenvalue weighted by atomic mass is 10.0. The minimum absolute atomic E-state index is 0.292. The van der Waals surface area contributed by atoms with Crippen LogP contribution >= 0.6 is 0 Å². The van der Waals surface area contributed by atoms with Crippen LogP contribution in [0.1, 0.15) is 25.6 Å². The Labute approximate surface area is 121 Å². The van der Waals surface area contributed by atoms with Crippen LogP contribution < -0.4 is 0 Å². The first-order chi connectivity index (χ1) is 9.60. The Morgan fingerprint density at radius 3 is 2.95 bits per heavy atom. The Kier molecular flexibility index (Phi) is 5.31. The topological polar surface area (TPSA) is 41.4 Å². The number of aromatic nitrogens is 2. The summed E-state index contributed by atoms with van der Waals surface area (Å²) in [5, 5.41) is 0. The number of carbonyl (C=O) groups excluding carboxylic acids is 1. The Hall–Kier alpha value is -1.20. The number of piperazine rings is 1. The van der Waals surface area contributed by atoms with Crippen molar-refractivity contribution < 1.29 is 4.79 Å². The van der Waals surface area contributed by atoms with Gasteiger partial charge in [-0.25, -0.2) is 4.98 Å². The van der Waals surface area contributed by atoms with Crippen LogP contribution in [0.3, 0.4) is 0 Å². The summed E-state index contributed by atoms with van der Waals surface area (Å²) in [5.41, 5.74) is 0. The molecule has 0 N–H and O–H groups in total. The summed E-state index contributed by atoms with van der Waals surface area (Å²) in [7, 11) is 4.24. The molecule has 1 saturated heterocycles. The molecule has 1 aromatic heterocycles. The third-order valence-corrected chi connectivity index (χ3v) is 4.06. The predicted molar refractivity (Wildman–Crippen MR) is 79.8 cm³/mol. The van der Waals surface area contributed by atoms with E-state index in [4.69, 9.17) is 0 Å². The molecule has 0 aliphatic carbocycles. The normalized spacial score (nSPS) is 21.2. The fourth-order valence-electron chi connectivity index (χ4n) is 2.78. The van der Waals surface area contributed by atoms with E-state index >= 15 is 0 Å². The minimum Gasteiger partial charge on any atom is -0.335 e. The van der Waals surface area contributed by atoms with Gasteiger partial charge in [0.15, 0.2) is 0 Å². The fourth-order valence-corrected chi connectivity index (χ4v) is 2.78. The lowest BCUT2D eigenvalue weighted by Gasteiger charge is -2.37. The molecular weight excluding hydrogens is 252 g/mol. The zero-order chi connectivity index (χ0) is 14.5. The van der Waals surface area contributed by atoms with Gasteiger partial charge in [-0.05, 0) is 20.5 Å². The molecule has 0 bridgehead atoms. The van der Waals surface area contributed by atoms with E-state index < -0.39 is 0 Å². The largest absolute Gasteiger partial charge is 0.335 e. The van der Waals surface area contributed by atoms with Crippen LogP contribution in [-0.2, 0) is 17.8 Å². The molecule has 0 saturated carbocycles. The van der Waals surface area contributed by atoms with E-state index in [1.165, 1.54) is 0 Å². The summed E-state index contributed by atoms with van der Waals surface area (Å²) in [6.45, 7) is 6.18. The van der Waals surface area contributed by atoms with Crippen molar-refractivity contribution in [1.82, 2.24) is 19.4 Å².